The SMILES string of the molecule is C(NC1CC1)c1nc(C(C2CC2)C2CC2)no1. The van der Waals surface area contributed by atoms with Gasteiger partial charge in [0.15, 0.2) is 5.82 Å². The molecule has 0 amide bonds. The largest absolute Gasteiger partial charge is 0.338 e. The van der Waals surface area contributed by atoms with Crippen molar-refractivity contribution in [2.45, 2.75) is 57.0 Å². The number of nitrogens with one attached hydrogen (secondary N) is 1. The molecule has 3 aliphatic rings. The molecule has 0 saturated heterocycles. The molecule has 0 aromatic carbocycles. The van der Waals surface area contributed by atoms with Crippen LogP contribution in [0, 0.1) is 11.8 Å². The minimum atomic E-state index is 0.605. The summed E-state index contributed by atoms with van der Waals surface area (Å²) in [5.74, 6) is 4.07. The summed E-state index contributed by atoms with van der Waals surface area (Å²) in [6.07, 6.45) is 8.06. The van der Waals surface area contributed by atoms with Gasteiger partial charge in [-0.05, 0) is 50.4 Å². The van der Waals surface area contributed by atoms with E-state index in [4.69, 9.17) is 4.52 Å². The van der Waals surface area contributed by atoms with Crippen molar-refractivity contribution in [1.82, 2.24) is 15.5 Å². The topological polar surface area (TPSA) is 51.0 Å². The van der Waals surface area contributed by atoms with Gasteiger partial charge in [0, 0.05) is 12.0 Å². The maximum Gasteiger partial charge on any atom is 0.240 e. The molecular weight excluding hydrogens is 214 g/mol. The number of aromatic nitrogens is 2. The first-order chi connectivity index (χ1) is 8.40. The van der Waals surface area contributed by atoms with Gasteiger partial charge in [0.05, 0.1) is 6.54 Å². The molecule has 17 heavy (non-hydrogen) atoms. The Labute approximate surface area is 101 Å². The van der Waals surface area contributed by atoms with E-state index in [2.05, 4.69) is 15.5 Å². The highest BCUT2D eigenvalue weighted by atomic mass is 16.5. The van der Waals surface area contributed by atoms with Crippen molar-refractivity contribution in [2.75, 3.05) is 0 Å². The van der Waals surface area contributed by atoms with Crippen LogP contribution in [0.15, 0.2) is 4.52 Å². The molecule has 0 radical (unpaired) electrons. The highest BCUT2D eigenvalue weighted by Crippen LogP contribution is 2.53. The van der Waals surface area contributed by atoms with E-state index in [-0.39, 0.29) is 0 Å². The van der Waals surface area contributed by atoms with Crippen LogP contribution in [0.1, 0.15) is 56.2 Å². The lowest BCUT2D eigenvalue weighted by Crippen LogP contribution is -2.15. The Bertz CT molecular complexity index is 393. The van der Waals surface area contributed by atoms with Crippen LogP contribution in [-0.4, -0.2) is 16.2 Å². The number of rotatable bonds is 6. The molecule has 0 bridgehead atoms. The van der Waals surface area contributed by atoms with E-state index in [1.807, 2.05) is 0 Å². The maximum atomic E-state index is 5.36. The van der Waals surface area contributed by atoms with E-state index >= 15 is 0 Å². The van der Waals surface area contributed by atoms with Crippen LogP contribution in [0.4, 0.5) is 0 Å². The molecule has 4 rings (SSSR count). The Kier molecular flexibility index (Phi) is 2.25. The van der Waals surface area contributed by atoms with Crippen LogP contribution >= 0.6 is 0 Å². The number of nitrogens with zero attached hydrogens (tertiary/aromatic N) is 2. The fraction of sp³-hybridized carbons (Fsp3) is 0.846. The van der Waals surface area contributed by atoms with Gasteiger partial charge in [-0.15, -0.1) is 0 Å². The van der Waals surface area contributed by atoms with Gasteiger partial charge in [-0.25, -0.2) is 0 Å². The fourth-order valence-electron chi connectivity index (χ4n) is 2.71. The van der Waals surface area contributed by atoms with Gasteiger partial charge >= 0.3 is 0 Å². The van der Waals surface area contributed by atoms with Gasteiger partial charge in [-0.3, -0.25) is 0 Å². The quantitative estimate of drug-likeness (QED) is 0.818. The second-order valence-electron chi connectivity index (χ2n) is 5.90. The Morgan fingerprint density at radius 2 is 1.82 bits per heavy atom. The average molecular weight is 233 g/mol. The first-order valence-electron chi connectivity index (χ1n) is 6.96. The van der Waals surface area contributed by atoms with E-state index in [1.165, 1.54) is 38.5 Å². The summed E-state index contributed by atoms with van der Waals surface area (Å²) in [6, 6.07) is 0.702. The summed E-state index contributed by atoms with van der Waals surface area (Å²) in [5.41, 5.74) is 0. The van der Waals surface area contributed by atoms with Gasteiger partial charge in [-0.1, -0.05) is 5.16 Å². The average Bonchev–Trinajstić information content (AvgIpc) is 3.18. The van der Waals surface area contributed by atoms with Crippen molar-refractivity contribution >= 4 is 0 Å². The maximum absolute atomic E-state index is 5.36. The molecular formula is C13H19N3O. The van der Waals surface area contributed by atoms with Crippen LogP contribution < -0.4 is 5.32 Å². The number of hydrogen-bond acceptors (Lipinski definition) is 4. The van der Waals surface area contributed by atoms with Crippen LogP contribution in [0.2, 0.25) is 0 Å². The molecule has 92 valence electrons. The van der Waals surface area contributed by atoms with Crippen LogP contribution in [-0.2, 0) is 6.54 Å². The summed E-state index contributed by atoms with van der Waals surface area (Å²) in [4.78, 5) is 4.59. The van der Waals surface area contributed by atoms with Crippen molar-refractivity contribution in [2.24, 2.45) is 11.8 Å². The lowest BCUT2D eigenvalue weighted by atomic mass is 9.97. The summed E-state index contributed by atoms with van der Waals surface area (Å²) in [7, 11) is 0. The summed E-state index contributed by atoms with van der Waals surface area (Å²) >= 11 is 0. The van der Waals surface area contributed by atoms with Gasteiger partial charge in [0.2, 0.25) is 5.89 Å². The third-order valence-corrected chi connectivity index (χ3v) is 4.16. The second-order valence-corrected chi connectivity index (χ2v) is 5.90. The van der Waals surface area contributed by atoms with Crippen LogP contribution in [0.5, 0.6) is 0 Å². The van der Waals surface area contributed by atoms with E-state index in [0.29, 0.717) is 12.0 Å². The minimum absolute atomic E-state index is 0.605. The second kappa shape index (κ2) is 3.80. The Balaban J connectivity index is 1.44. The van der Waals surface area contributed by atoms with Crippen molar-refractivity contribution in [1.29, 1.82) is 0 Å². The molecule has 4 heteroatoms. The lowest BCUT2D eigenvalue weighted by molar-refractivity contribution is 0.354. The molecule has 1 heterocycles. The van der Waals surface area contributed by atoms with Crippen molar-refractivity contribution in [3.63, 3.8) is 0 Å². The fourth-order valence-corrected chi connectivity index (χ4v) is 2.71. The first kappa shape index (κ1) is 10.1. The zero-order valence-electron chi connectivity index (χ0n) is 10.1. The predicted octanol–water partition coefficient (Wildman–Crippen LogP) is 2.23. The first-order valence-corrected chi connectivity index (χ1v) is 6.96. The summed E-state index contributed by atoms with van der Waals surface area (Å²) < 4.78 is 5.36. The standard InChI is InChI=1S/C13H19N3O/c1-2-8(1)12(9-3-4-9)13-15-11(17-16-13)7-14-10-5-6-10/h8-10,12,14H,1-7H2. The lowest BCUT2D eigenvalue weighted by Gasteiger charge is -2.09. The van der Waals surface area contributed by atoms with Gasteiger partial charge in [0.1, 0.15) is 0 Å². The third kappa shape index (κ3) is 2.23. The zero-order valence-corrected chi connectivity index (χ0v) is 10.1. The Hall–Kier alpha value is -0.900. The number of hydrogen-bond donors (Lipinski definition) is 1. The van der Waals surface area contributed by atoms with Gasteiger partial charge < -0.3 is 9.84 Å². The molecule has 1 aromatic heterocycles. The van der Waals surface area contributed by atoms with Crippen molar-refractivity contribution < 1.29 is 4.52 Å². The smallest absolute Gasteiger partial charge is 0.240 e. The Morgan fingerprint density at radius 3 is 2.41 bits per heavy atom. The zero-order chi connectivity index (χ0) is 11.2. The molecule has 0 unspecified atom stereocenters. The molecule has 0 aliphatic heterocycles. The molecule has 1 aromatic rings. The Morgan fingerprint density at radius 1 is 1.12 bits per heavy atom. The van der Waals surface area contributed by atoms with Gasteiger partial charge in [0.25, 0.3) is 0 Å². The van der Waals surface area contributed by atoms with E-state index in [0.717, 1.165) is 30.1 Å². The highest BCUT2D eigenvalue weighted by Gasteiger charge is 2.44. The molecule has 3 saturated carbocycles. The molecule has 1 N–H and O–H groups in total. The molecule has 0 atom stereocenters. The molecule has 0 spiro atoms. The summed E-state index contributed by atoms with van der Waals surface area (Å²) in [5, 5.41) is 7.63. The summed E-state index contributed by atoms with van der Waals surface area (Å²) in [6.45, 7) is 0.750. The van der Waals surface area contributed by atoms with E-state index < -0.39 is 0 Å². The normalized spacial score (nSPS) is 24.5. The van der Waals surface area contributed by atoms with E-state index in [9.17, 15) is 0 Å². The molecule has 3 aliphatic carbocycles. The third-order valence-electron chi connectivity index (χ3n) is 4.16. The minimum Gasteiger partial charge on any atom is -0.338 e. The highest BCUT2D eigenvalue weighted by molar-refractivity contribution is 5.08. The van der Waals surface area contributed by atoms with Crippen molar-refractivity contribution in [3.8, 4) is 0 Å². The molecule has 3 fully saturated rings. The van der Waals surface area contributed by atoms with E-state index in [1.54, 1.807) is 0 Å². The van der Waals surface area contributed by atoms with Crippen LogP contribution in [0.25, 0.3) is 0 Å². The van der Waals surface area contributed by atoms with Gasteiger partial charge in [-0.2, -0.15) is 4.98 Å². The monoisotopic (exact) mass is 233 g/mol. The predicted molar refractivity (Wildman–Crippen MR) is 62.3 cm³/mol. The van der Waals surface area contributed by atoms with Crippen LogP contribution in [0.3, 0.4) is 0 Å². The van der Waals surface area contributed by atoms with Crippen molar-refractivity contribution in [3.05, 3.63) is 11.7 Å². The molecule has 4 nitrogen and oxygen atoms in total.